The molecule has 0 aliphatic rings. The summed E-state index contributed by atoms with van der Waals surface area (Å²) in [5, 5.41) is 0. The molecule has 0 N–H and O–H groups in total. The lowest BCUT2D eigenvalue weighted by atomic mass is 9.92. The highest BCUT2D eigenvalue weighted by molar-refractivity contribution is 5.69. The van der Waals surface area contributed by atoms with Crippen molar-refractivity contribution in [1.29, 1.82) is 0 Å². The molecule has 0 aliphatic heterocycles. The molecule has 0 saturated carbocycles. The molecule has 0 rings (SSSR count). The van der Waals surface area contributed by atoms with Crippen molar-refractivity contribution in [2.45, 2.75) is 156 Å². The van der Waals surface area contributed by atoms with Crippen LogP contribution in [0.4, 0.5) is 0 Å². The Morgan fingerprint density at radius 2 is 0.966 bits per heavy atom. The zero-order valence-corrected chi connectivity index (χ0v) is 20.5. The summed E-state index contributed by atoms with van der Waals surface area (Å²) in [6.45, 7) is 7.42. The van der Waals surface area contributed by atoms with Crippen LogP contribution in [-0.4, -0.2) is 12.6 Å². The van der Waals surface area contributed by atoms with Gasteiger partial charge in [-0.05, 0) is 18.8 Å². The molecule has 0 amide bonds. The molecule has 1 unspecified atom stereocenters. The highest BCUT2D eigenvalue weighted by Crippen LogP contribution is 2.22. The maximum absolute atomic E-state index is 11.9. The van der Waals surface area contributed by atoms with Gasteiger partial charge in [-0.15, -0.1) is 0 Å². The molecule has 0 radical (unpaired) electrons. The van der Waals surface area contributed by atoms with E-state index in [2.05, 4.69) is 20.8 Å². The number of hydrogen-bond acceptors (Lipinski definition) is 2. The van der Waals surface area contributed by atoms with Crippen LogP contribution < -0.4 is 0 Å². The molecular formula is C27H54O2. The number of esters is 1. The summed E-state index contributed by atoms with van der Waals surface area (Å²) in [4.78, 5) is 11.9. The third-order valence-corrected chi connectivity index (χ3v) is 6.21. The fourth-order valence-electron chi connectivity index (χ4n) is 4.14. The SMILES string of the molecule is CCCCCCCCCCCC(CCCCC)CCOC(=O)CCCCCCC. The fourth-order valence-corrected chi connectivity index (χ4v) is 4.14. The Balaban J connectivity index is 3.79. The molecule has 0 heterocycles. The number of unbranched alkanes of at least 4 members (excludes halogenated alkanes) is 14. The van der Waals surface area contributed by atoms with E-state index in [1.807, 2.05) is 0 Å². The van der Waals surface area contributed by atoms with Gasteiger partial charge in [-0.1, -0.05) is 136 Å². The summed E-state index contributed by atoms with van der Waals surface area (Å²) in [7, 11) is 0. The summed E-state index contributed by atoms with van der Waals surface area (Å²) in [5.41, 5.74) is 0. The van der Waals surface area contributed by atoms with Crippen molar-refractivity contribution in [2.75, 3.05) is 6.61 Å². The summed E-state index contributed by atoms with van der Waals surface area (Å²) in [5.74, 6) is 0.778. The first-order valence-electron chi connectivity index (χ1n) is 13.4. The smallest absolute Gasteiger partial charge is 0.305 e. The molecule has 0 saturated heterocycles. The van der Waals surface area contributed by atoms with Gasteiger partial charge in [0.15, 0.2) is 0 Å². The van der Waals surface area contributed by atoms with Crippen molar-refractivity contribution in [3.63, 3.8) is 0 Å². The maximum Gasteiger partial charge on any atom is 0.305 e. The molecule has 0 fully saturated rings. The van der Waals surface area contributed by atoms with Crippen LogP contribution in [0.15, 0.2) is 0 Å². The Labute approximate surface area is 184 Å². The molecule has 2 heteroatoms. The number of carbonyl (C=O) groups excluding carboxylic acids is 1. The van der Waals surface area contributed by atoms with Crippen LogP contribution >= 0.6 is 0 Å². The largest absolute Gasteiger partial charge is 0.466 e. The van der Waals surface area contributed by atoms with Crippen LogP contribution in [0, 0.1) is 5.92 Å². The maximum atomic E-state index is 11.9. The number of ether oxygens (including phenoxy) is 1. The predicted octanol–water partition coefficient (Wildman–Crippen LogP) is 9.40. The normalized spacial score (nSPS) is 12.2. The third kappa shape index (κ3) is 22.0. The lowest BCUT2D eigenvalue weighted by Gasteiger charge is -2.17. The zero-order valence-electron chi connectivity index (χ0n) is 20.5. The van der Waals surface area contributed by atoms with E-state index in [0.717, 1.165) is 18.8 Å². The lowest BCUT2D eigenvalue weighted by molar-refractivity contribution is -0.144. The van der Waals surface area contributed by atoms with Crippen molar-refractivity contribution in [1.82, 2.24) is 0 Å². The fraction of sp³-hybridized carbons (Fsp3) is 0.963. The van der Waals surface area contributed by atoms with E-state index in [0.29, 0.717) is 13.0 Å². The van der Waals surface area contributed by atoms with Crippen molar-refractivity contribution in [2.24, 2.45) is 5.92 Å². The lowest BCUT2D eigenvalue weighted by Crippen LogP contribution is -2.10. The minimum Gasteiger partial charge on any atom is -0.466 e. The van der Waals surface area contributed by atoms with Gasteiger partial charge in [0.25, 0.3) is 0 Å². The van der Waals surface area contributed by atoms with Gasteiger partial charge in [-0.2, -0.15) is 0 Å². The van der Waals surface area contributed by atoms with Crippen LogP contribution in [0.2, 0.25) is 0 Å². The summed E-state index contributed by atoms with van der Waals surface area (Å²) in [6, 6.07) is 0. The van der Waals surface area contributed by atoms with Crippen molar-refractivity contribution >= 4 is 5.97 Å². The molecule has 1 atom stereocenters. The summed E-state index contributed by atoms with van der Waals surface area (Å²) < 4.78 is 5.54. The van der Waals surface area contributed by atoms with Gasteiger partial charge in [0.05, 0.1) is 6.61 Å². The van der Waals surface area contributed by atoms with E-state index in [-0.39, 0.29) is 5.97 Å². The van der Waals surface area contributed by atoms with Crippen molar-refractivity contribution in [3.8, 4) is 0 Å². The standard InChI is InChI=1S/C27H54O2/c1-4-7-10-12-13-14-15-17-19-22-26(21-18-9-6-3)24-25-29-27(28)23-20-16-11-8-5-2/h26H,4-25H2,1-3H3. The van der Waals surface area contributed by atoms with Gasteiger partial charge in [0.1, 0.15) is 0 Å². The van der Waals surface area contributed by atoms with Crippen LogP contribution in [0.3, 0.4) is 0 Å². The Bertz CT molecular complexity index is 326. The van der Waals surface area contributed by atoms with E-state index < -0.39 is 0 Å². The molecule has 29 heavy (non-hydrogen) atoms. The topological polar surface area (TPSA) is 26.3 Å². The zero-order chi connectivity index (χ0) is 21.4. The van der Waals surface area contributed by atoms with Crippen LogP contribution in [0.5, 0.6) is 0 Å². The summed E-state index contributed by atoms with van der Waals surface area (Å²) >= 11 is 0. The van der Waals surface area contributed by atoms with Crippen LogP contribution in [-0.2, 0) is 9.53 Å². The third-order valence-electron chi connectivity index (χ3n) is 6.21. The number of hydrogen-bond donors (Lipinski definition) is 0. The molecule has 2 nitrogen and oxygen atoms in total. The first-order valence-corrected chi connectivity index (χ1v) is 13.4. The molecule has 0 aromatic rings. The molecule has 0 aromatic carbocycles. The molecule has 0 spiro atoms. The molecule has 0 aromatic heterocycles. The Morgan fingerprint density at radius 3 is 1.52 bits per heavy atom. The second-order valence-corrected chi connectivity index (χ2v) is 9.15. The van der Waals surface area contributed by atoms with Gasteiger partial charge in [0, 0.05) is 6.42 Å². The highest BCUT2D eigenvalue weighted by Gasteiger charge is 2.10. The Kier molecular flexibility index (Phi) is 23.3. The minimum absolute atomic E-state index is 0.0249. The second-order valence-electron chi connectivity index (χ2n) is 9.15. The van der Waals surface area contributed by atoms with Crippen molar-refractivity contribution in [3.05, 3.63) is 0 Å². The van der Waals surface area contributed by atoms with E-state index in [1.54, 1.807) is 0 Å². The monoisotopic (exact) mass is 410 g/mol. The average Bonchev–Trinajstić information content (AvgIpc) is 2.72. The average molecular weight is 411 g/mol. The quantitative estimate of drug-likeness (QED) is 0.124. The molecule has 0 bridgehead atoms. The van der Waals surface area contributed by atoms with Crippen LogP contribution in [0.25, 0.3) is 0 Å². The van der Waals surface area contributed by atoms with Gasteiger partial charge in [-0.3, -0.25) is 4.79 Å². The van der Waals surface area contributed by atoms with Gasteiger partial charge in [0.2, 0.25) is 0 Å². The van der Waals surface area contributed by atoms with E-state index in [9.17, 15) is 4.79 Å². The first-order chi connectivity index (χ1) is 14.2. The molecule has 174 valence electrons. The van der Waals surface area contributed by atoms with E-state index in [4.69, 9.17) is 4.74 Å². The van der Waals surface area contributed by atoms with Gasteiger partial charge >= 0.3 is 5.97 Å². The van der Waals surface area contributed by atoms with Crippen molar-refractivity contribution < 1.29 is 9.53 Å². The molecule has 0 aliphatic carbocycles. The van der Waals surface area contributed by atoms with Crippen LogP contribution in [0.1, 0.15) is 156 Å². The number of carbonyl (C=O) groups is 1. The second kappa shape index (κ2) is 23.7. The first kappa shape index (κ1) is 28.5. The Morgan fingerprint density at radius 1 is 0.552 bits per heavy atom. The van der Waals surface area contributed by atoms with Gasteiger partial charge in [-0.25, -0.2) is 0 Å². The van der Waals surface area contributed by atoms with Gasteiger partial charge < -0.3 is 4.74 Å². The Hall–Kier alpha value is -0.530. The van der Waals surface area contributed by atoms with E-state index in [1.165, 1.54) is 116 Å². The minimum atomic E-state index is 0.0249. The summed E-state index contributed by atoms with van der Waals surface area (Å²) in [6.07, 6.45) is 26.8. The highest BCUT2D eigenvalue weighted by atomic mass is 16.5. The number of rotatable bonds is 23. The van der Waals surface area contributed by atoms with E-state index >= 15 is 0 Å². The predicted molar refractivity (Wildman–Crippen MR) is 128 cm³/mol. The molecular weight excluding hydrogens is 356 g/mol.